The number of hydrogen-bond donors (Lipinski definition) is 2. The first-order valence-corrected chi connectivity index (χ1v) is 16.4. The fourth-order valence-electron chi connectivity index (χ4n) is 6.94. The minimum atomic E-state index is -0.532. The number of nitrogens with one attached hydrogen (secondary N) is 1. The van der Waals surface area contributed by atoms with Crippen LogP contribution in [-0.2, 0) is 51.2 Å². The number of rotatable bonds is 8. The molecule has 0 atom stereocenters. The van der Waals surface area contributed by atoms with Gasteiger partial charge in [-0.05, 0) is 66.6 Å². The van der Waals surface area contributed by atoms with Crippen LogP contribution in [0.25, 0.3) is 11.1 Å². The van der Waals surface area contributed by atoms with Gasteiger partial charge in [-0.1, -0.05) is 13.8 Å². The lowest BCUT2D eigenvalue weighted by molar-refractivity contribution is -0.0592. The van der Waals surface area contributed by atoms with E-state index >= 15 is 4.39 Å². The molecule has 0 spiro atoms. The van der Waals surface area contributed by atoms with Crippen molar-refractivity contribution in [3.05, 3.63) is 78.8 Å². The van der Waals surface area contributed by atoms with Crippen LogP contribution in [0, 0.1) is 11.2 Å². The molecule has 12 heteroatoms. The van der Waals surface area contributed by atoms with Crippen molar-refractivity contribution in [1.29, 1.82) is 0 Å². The van der Waals surface area contributed by atoms with E-state index < -0.39 is 12.4 Å². The van der Waals surface area contributed by atoms with Crippen LogP contribution < -0.4 is 15.8 Å². The zero-order valence-corrected chi connectivity index (χ0v) is 27.6. The highest BCUT2D eigenvalue weighted by Gasteiger charge is 2.38. The van der Waals surface area contributed by atoms with E-state index in [4.69, 9.17) is 4.74 Å². The molecule has 1 aliphatic carbocycles. The minimum absolute atomic E-state index is 0.158. The molecule has 0 radical (unpaired) electrons. The molecule has 1 fully saturated rings. The number of hydrogen-bond acceptors (Lipinski definition) is 8. The number of ether oxygens (including phenoxy) is 1. The van der Waals surface area contributed by atoms with Gasteiger partial charge in [0.15, 0.2) is 5.82 Å². The van der Waals surface area contributed by atoms with Gasteiger partial charge in [-0.15, -0.1) is 11.3 Å². The molecule has 2 aliphatic heterocycles. The number of anilines is 3. The van der Waals surface area contributed by atoms with E-state index in [9.17, 15) is 14.7 Å². The van der Waals surface area contributed by atoms with E-state index in [1.54, 1.807) is 40.2 Å². The van der Waals surface area contributed by atoms with Crippen molar-refractivity contribution in [3.8, 4) is 11.1 Å². The summed E-state index contributed by atoms with van der Waals surface area (Å²) in [6, 6.07) is 6.59. The number of pyridine rings is 1. The van der Waals surface area contributed by atoms with Gasteiger partial charge in [0, 0.05) is 55.5 Å². The Hall–Kier alpha value is -3.84. The molecule has 2 N–H and O–H groups in total. The summed E-state index contributed by atoms with van der Waals surface area (Å²) in [6.07, 6.45) is 4.22. The number of aliphatic hydroxyl groups excluding tert-OH is 1. The quantitative estimate of drug-likeness (QED) is 0.293. The molecule has 46 heavy (non-hydrogen) atoms. The lowest BCUT2D eigenvalue weighted by Crippen LogP contribution is -2.46. The lowest BCUT2D eigenvalue weighted by Gasteiger charge is -2.34. The fourth-order valence-corrected chi connectivity index (χ4v) is 8.51. The van der Waals surface area contributed by atoms with Crippen LogP contribution in [0.4, 0.5) is 21.6 Å². The summed E-state index contributed by atoms with van der Waals surface area (Å²) < 4.78 is 23.9. The third kappa shape index (κ3) is 5.36. The molecule has 4 aromatic rings. The number of likely N-dealkylation sites (N-methyl/N-ethyl adjacent to an activating group) is 1. The number of aromatic nitrogens is 3. The van der Waals surface area contributed by atoms with Crippen molar-refractivity contribution in [2.75, 3.05) is 37.0 Å². The fraction of sp³-hybridized carbons (Fsp3) is 0.441. The average Bonchev–Trinajstić information content (AvgIpc) is 3.58. The van der Waals surface area contributed by atoms with Crippen molar-refractivity contribution >= 4 is 34.4 Å². The summed E-state index contributed by atoms with van der Waals surface area (Å²) >= 11 is 1.56. The minimum Gasteiger partial charge on any atom is -0.392 e. The van der Waals surface area contributed by atoms with Crippen molar-refractivity contribution in [1.82, 2.24) is 19.2 Å². The highest BCUT2D eigenvalue weighted by Crippen LogP contribution is 2.46. The van der Waals surface area contributed by atoms with Gasteiger partial charge in [0.05, 0.1) is 42.1 Å². The number of carbonyl (C=O) groups excluding carboxylic acids is 1. The van der Waals surface area contributed by atoms with Gasteiger partial charge in [0.1, 0.15) is 11.5 Å². The SMILES string of the molecule is CN(Cc1cc(Nc2cc(-c3cc(F)cc(N4CCc5c(sc6c5CC(C)(C)C6)C4=O)c3CO)cn(C)c2=O)nn1C)C1COC1. The Morgan fingerprint density at radius 2 is 1.93 bits per heavy atom. The Bertz CT molecular complexity index is 1920. The van der Waals surface area contributed by atoms with Gasteiger partial charge in [-0.3, -0.25) is 19.2 Å². The highest BCUT2D eigenvalue weighted by atomic mass is 32.1. The van der Waals surface area contributed by atoms with Gasteiger partial charge >= 0.3 is 0 Å². The second-order valence-corrected chi connectivity index (χ2v) is 14.7. The predicted octanol–water partition coefficient (Wildman–Crippen LogP) is 4.38. The lowest BCUT2D eigenvalue weighted by atomic mass is 9.89. The Balaban J connectivity index is 1.21. The number of carbonyl (C=O) groups is 1. The van der Waals surface area contributed by atoms with E-state index in [0.29, 0.717) is 67.0 Å². The van der Waals surface area contributed by atoms with Gasteiger partial charge in [0.2, 0.25) is 0 Å². The standard InChI is InChI=1S/C34H39FN6O4S/c1-34(2)12-25-23-6-7-41(33(44)31(23)46-29(25)13-34)28-10-20(35)9-24(26(28)16-42)19-8-27(32(43)39(4)14-19)36-30-11-21(40(5)37-30)15-38(3)22-17-45-18-22/h8-11,14,22,42H,6-7,12-13,15-18H2,1-5H3,(H,36,37). The topological polar surface area (TPSA) is 105 Å². The van der Waals surface area contributed by atoms with Crippen LogP contribution in [0.2, 0.25) is 0 Å². The summed E-state index contributed by atoms with van der Waals surface area (Å²) in [5.74, 6) is -0.183. The van der Waals surface area contributed by atoms with Crippen molar-refractivity contribution in [3.63, 3.8) is 0 Å². The molecule has 1 aromatic carbocycles. The molecule has 3 aromatic heterocycles. The summed E-state index contributed by atoms with van der Waals surface area (Å²) in [7, 11) is 5.53. The summed E-state index contributed by atoms with van der Waals surface area (Å²) in [5.41, 5.74) is 5.30. The van der Waals surface area contributed by atoms with Gasteiger partial charge < -0.3 is 24.6 Å². The second-order valence-electron chi connectivity index (χ2n) is 13.6. The maximum Gasteiger partial charge on any atom is 0.274 e. The zero-order valence-electron chi connectivity index (χ0n) is 26.8. The molecule has 0 saturated carbocycles. The first-order chi connectivity index (χ1) is 21.9. The van der Waals surface area contributed by atoms with E-state index in [2.05, 4.69) is 29.2 Å². The van der Waals surface area contributed by atoms with Crippen LogP contribution in [0.1, 0.15) is 50.8 Å². The Kier molecular flexibility index (Phi) is 7.66. The smallest absolute Gasteiger partial charge is 0.274 e. The van der Waals surface area contributed by atoms with Crippen molar-refractivity contribution in [2.45, 2.75) is 52.3 Å². The normalized spacial score (nSPS) is 17.4. The molecule has 5 heterocycles. The first kappa shape index (κ1) is 30.8. The summed E-state index contributed by atoms with van der Waals surface area (Å²) in [4.78, 5) is 32.9. The van der Waals surface area contributed by atoms with Crippen molar-refractivity contribution < 1.29 is 19.0 Å². The Labute approximate surface area is 271 Å². The average molecular weight is 647 g/mol. The number of thiophene rings is 1. The van der Waals surface area contributed by atoms with Crippen LogP contribution in [0.3, 0.4) is 0 Å². The molecule has 0 unspecified atom stereocenters. The molecule has 1 saturated heterocycles. The van der Waals surface area contributed by atoms with Gasteiger partial charge in [0.25, 0.3) is 11.5 Å². The largest absolute Gasteiger partial charge is 0.392 e. The number of aliphatic hydroxyl groups is 1. The van der Waals surface area contributed by atoms with Gasteiger partial charge in [-0.2, -0.15) is 5.10 Å². The highest BCUT2D eigenvalue weighted by molar-refractivity contribution is 7.14. The van der Waals surface area contributed by atoms with E-state index in [0.717, 1.165) is 29.0 Å². The molecular weight excluding hydrogens is 607 g/mol. The molecule has 10 nitrogen and oxygen atoms in total. The zero-order chi connectivity index (χ0) is 32.5. The number of benzene rings is 1. The van der Waals surface area contributed by atoms with Crippen LogP contribution in [0.15, 0.2) is 35.3 Å². The van der Waals surface area contributed by atoms with E-state index in [-0.39, 0.29) is 22.6 Å². The molecule has 242 valence electrons. The number of halogens is 1. The third-order valence-electron chi connectivity index (χ3n) is 9.55. The monoisotopic (exact) mass is 646 g/mol. The predicted molar refractivity (Wildman–Crippen MR) is 176 cm³/mol. The molecule has 0 bridgehead atoms. The maximum atomic E-state index is 15.4. The number of amides is 1. The van der Waals surface area contributed by atoms with E-state index in [1.807, 2.05) is 20.2 Å². The first-order valence-electron chi connectivity index (χ1n) is 15.6. The second kappa shape index (κ2) is 11.4. The Morgan fingerprint density at radius 1 is 1.15 bits per heavy atom. The van der Waals surface area contributed by atoms with Crippen LogP contribution in [0.5, 0.6) is 0 Å². The number of aryl methyl sites for hydroxylation is 2. The maximum absolute atomic E-state index is 15.4. The van der Waals surface area contributed by atoms with Gasteiger partial charge in [-0.25, -0.2) is 4.39 Å². The van der Waals surface area contributed by atoms with Crippen LogP contribution in [-0.4, -0.2) is 63.1 Å². The van der Waals surface area contributed by atoms with Crippen LogP contribution >= 0.6 is 11.3 Å². The molecular formula is C34H39FN6O4S. The summed E-state index contributed by atoms with van der Waals surface area (Å²) in [6.45, 7) is 6.59. The number of fused-ring (bicyclic) bond motifs is 3. The number of nitrogens with zero attached hydrogens (tertiary/aromatic N) is 5. The van der Waals surface area contributed by atoms with E-state index in [1.165, 1.54) is 27.1 Å². The molecule has 3 aliphatic rings. The molecule has 7 rings (SSSR count). The Morgan fingerprint density at radius 3 is 2.65 bits per heavy atom. The van der Waals surface area contributed by atoms with Crippen molar-refractivity contribution in [2.24, 2.45) is 19.5 Å². The molecule has 1 amide bonds. The third-order valence-corrected chi connectivity index (χ3v) is 10.8. The summed E-state index contributed by atoms with van der Waals surface area (Å²) in [5, 5.41) is 18.4.